The van der Waals surface area contributed by atoms with Crippen LogP contribution in [-0.4, -0.2) is 53.4 Å². The molecule has 0 saturated heterocycles. The molecule has 0 radical (unpaired) electrons. The zero-order valence-corrected chi connectivity index (χ0v) is 17.8. The van der Waals surface area contributed by atoms with Gasteiger partial charge in [0.05, 0.1) is 52.4 Å². The van der Waals surface area contributed by atoms with Crippen molar-refractivity contribution in [3.8, 4) is 17.2 Å². The summed E-state index contributed by atoms with van der Waals surface area (Å²) < 4.78 is 25.3. The summed E-state index contributed by atoms with van der Waals surface area (Å²) in [6.45, 7) is 0. The van der Waals surface area contributed by atoms with E-state index in [1.807, 2.05) is 0 Å². The Hall–Kier alpha value is -4.01. The van der Waals surface area contributed by atoms with Gasteiger partial charge in [-0.25, -0.2) is 9.59 Å². The highest BCUT2D eigenvalue weighted by Crippen LogP contribution is 2.40. The minimum atomic E-state index is -0.669. The molecule has 0 saturated carbocycles. The van der Waals surface area contributed by atoms with Gasteiger partial charge in [0.2, 0.25) is 11.7 Å². The van der Waals surface area contributed by atoms with Gasteiger partial charge in [-0.2, -0.15) is 0 Å². The molecule has 0 bridgehead atoms. The molecular weight excluding hydrogens is 406 g/mol. The van der Waals surface area contributed by atoms with Crippen LogP contribution in [0, 0.1) is 0 Å². The molecule has 2 rings (SSSR count). The zero-order chi connectivity index (χ0) is 23.0. The number of anilines is 1. The fraction of sp³-hybridized carbons (Fsp3) is 0.227. The Morgan fingerprint density at radius 3 is 2.06 bits per heavy atom. The van der Waals surface area contributed by atoms with E-state index in [4.69, 9.17) is 18.9 Å². The van der Waals surface area contributed by atoms with Gasteiger partial charge < -0.3 is 29.0 Å². The molecule has 0 heterocycles. The molecule has 2 aromatic rings. The van der Waals surface area contributed by atoms with E-state index in [2.05, 4.69) is 10.1 Å². The molecule has 2 aromatic carbocycles. The highest BCUT2D eigenvalue weighted by molar-refractivity contribution is 6.07. The SMILES string of the molecule is COC(=O)c1ccc(C(=O)OC)c(NC(=O)/C=C/c2ccc(OC)c(OC)c2OC)c1. The van der Waals surface area contributed by atoms with Crippen LogP contribution in [0.15, 0.2) is 36.4 Å². The molecule has 1 N–H and O–H groups in total. The molecule has 0 aliphatic heterocycles. The number of ether oxygens (including phenoxy) is 5. The van der Waals surface area contributed by atoms with E-state index in [0.29, 0.717) is 22.8 Å². The van der Waals surface area contributed by atoms with Crippen LogP contribution in [0.1, 0.15) is 26.3 Å². The number of carbonyl (C=O) groups excluding carboxylic acids is 3. The smallest absolute Gasteiger partial charge is 0.339 e. The molecule has 1 amide bonds. The summed E-state index contributed by atoms with van der Waals surface area (Å²) in [5.74, 6) is -0.595. The van der Waals surface area contributed by atoms with Gasteiger partial charge in [-0.3, -0.25) is 4.79 Å². The van der Waals surface area contributed by atoms with Crippen LogP contribution in [-0.2, 0) is 14.3 Å². The first-order chi connectivity index (χ1) is 14.9. The molecular formula is C22H23NO8. The lowest BCUT2D eigenvalue weighted by Gasteiger charge is -2.14. The lowest BCUT2D eigenvalue weighted by molar-refractivity contribution is -0.111. The number of hydrogen-bond acceptors (Lipinski definition) is 8. The number of carbonyl (C=O) groups is 3. The summed E-state index contributed by atoms with van der Waals surface area (Å²) in [5, 5.41) is 2.57. The van der Waals surface area contributed by atoms with Crippen LogP contribution < -0.4 is 19.5 Å². The van der Waals surface area contributed by atoms with Crippen molar-refractivity contribution in [2.24, 2.45) is 0 Å². The number of benzene rings is 2. The van der Waals surface area contributed by atoms with E-state index in [9.17, 15) is 14.4 Å². The maximum absolute atomic E-state index is 12.5. The highest BCUT2D eigenvalue weighted by atomic mass is 16.5. The Morgan fingerprint density at radius 2 is 1.48 bits per heavy atom. The van der Waals surface area contributed by atoms with Crippen molar-refractivity contribution >= 4 is 29.6 Å². The van der Waals surface area contributed by atoms with E-state index >= 15 is 0 Å². The number of nitrogens with one attached hydrogen (secondary N) is 1. The average molecular weight is 429 g/mol. The van der Waals surface area contributed by atoms with Gasteiger partial charge in [0.15, 0.2) is 11.5 Å². The monoisotopic (exact) mass is 429 g/mol. The summed E-state index contributed by atoms with van der Waals surface area (Å²) in [5.41, 5.74) is 0.909. The van der Waals surface area contributed by atoms with Gasteiger partial charge >= 0.3 is 11.9 Å². The quantitative estimate of drug-likeness (QED) is 0.504. The Labute approximate surface area is 179 Å². The molecule has 0 atom stereocenters. The van der Waals surface area contributed by atoms with Crippen molar-refractivity contribution in [3.63, 3.8) is 0 Å². The number of amides is 1. The van der Waals surface area contributed by atoms with Gasteiger partial charge in [0.25, 0.3) is 0 Å². The van der Waals surface area contributed by atoms with Crippen LogP contribution >= 0.6 is 0 Å². The first-order valence-corrected chi connectivity index (χ1v) is 8.98. The van der Waals surface area contributed by atoms with Gasteiger partial charge in [0.1, 0.15) is 0 Å². The third-order valence-electron chi connectivity index (χ3n) is 4.25. The predicted octanol–water partition coefficient (Wildman–Crippen LogP) is 2.94. The van der Waals surface area contributed by atoms with E-state index in [0.717, 1.165) is 0 Å². The Balaban J connectivity index is 2.35. The summed E-state index contributed by atoms with van der Waals surface area (Å²) in [6.07, 6.45) is 2.76. The van der Waals surface area contributed by atoms with E-state index in [1.165, 1.54) is 65.9 Å². The van der Waals surface area contributed by atoms with Crippen LogP contribution in [0.3, 0.4) is 0 Å². The second-order valence-corrected chi connectivity index (χ2v) is 5.99. The molecule has 9 nitrogen and oxygen atoms in total. The maximum Gasteiger partial charge on any atom is 0.339 e. The fourth-order valence-electron chi connectivity index (χ4n) is 2.78. The minimum Gasteiger partial charge on any atom is -0.493 e. The lowest BCUT2D eigenvalue weighted by atomic mass is 10.1. The van der Waals surface area contributed by atoms with Gasteiger partial charge in [-0.15, -0.1) is 0 Å². The lowest BCUT2D eigenvalue weighted by Crippen LogP contribution is -2.14. The second kappa shape index (κ2) is 10.7. The van der Waals surface area contributed by atoms with Crippen LogP contribution in [0.5, 0.6) is 17.2 Å². The number of hydrogen-bond donors (Lipinski definition) is 1. The Morgan fingerprint density at radius 1 is 0.806 bits per heavy atom. The third-order valence-corrected chi connectivity index (χ3v) is 4.25. The van der Waals surface area contributed by atoms with E-state index in [1.54, 1.807) is 12.1 Å². The maximum atomic E-state index is 12.5. The summed E-state index contributed by atoms with van der Waals surface area (Å²) in [6, 6.07) is 7.48. The molecule has 9 heteroatoms. The zero-order valence-electron chi connectivity index (χ0n) is 17.8. The molecule has 164 valence electrons. The third kappa shape index (κ3) is 5.33. The first kappa shape index (κ1) is 23.3. The fourth-order valence-corrected chi connectivity index (χ4v) is 2.78. The van der Waals surface area contributed by atoms with Crippen molar-refractivity contribution in [1.29, 1.82) is 0 Å². The predicted molar refractivity (Wildman–Crippen MR) is 113 cm³/mol. The molecule has 0 spiro atoms. The van der Waals surface area contributed by atoms with Crippen LogP contribution in [0.25, 0.3) is 6.08 Å². The van der Waals surface area contributed by atoms with E-state index in [-0.39, 0.29) is 16.8 Å². The highest BCUT2D eigenvalue weighted by Gasteiger charge is 2.17. The number of esters is 2. The average Bonchev–Trinajstić information content (AvgIpc) is 2.80. The molecule has 0 aliphatic rings. The van der Waals surface area contributed by atoms with E-state index < -0.39 is 17.8 Å². The van der Waals surface area contributed by atoms with Gasteiger partial charge in [-0.05, 0) is 36.4 Å². The van der Waals surface area contributed by atoms with Crippen LogP contribution in [0.2, 0.25) is 0 Å². The number of rotatable bonds is 8. The minimum absolute atomic E-state index is 0.0839. The normalized spacial score (nSPS) is 10.4. The Kier molecular flexibility index (Phi) is 8.01. The summed E-state index contributed by atoms with van der Waals surface area (Å²) >= 11 is 0. The van der Waals surface area contributed by atoms with Crippen LogP contribution in [0.4, 0.5) is 5.69 Å². The molecule has 0 fully saturated rings. The van der Waals surface area contributed by atoms with Gasteiger partial charge in [-0.1, -0.05) is 0 Å². The molecule has 0 aliphatic carbocycles. The molecule has 0 unspecified atom stereocenters. The second-order valence-electron chi connectivity index (χ2n) is 5.99. The van der Waals surface area contributed by atoms with Crippen molar-refractivity contribution in [3.05, 3.63) is 53.1 Å². The number of methoxy groups -OCH3 is 5. The topological polar surface area (TPSA) is 109 Å². The largest absolute Gasteiger partial charge is 0.493 e. The van der Waals surface area contributed by atoms with Gasteiger partial charge in [0, 0.05) is 11.6 Å². The van der Waals surface area contributed by atoms with Crippen molar-refractivity contribution < 1.29 is 38.1 Å². The Bertz CT molecular complexity index is 1010. The first-order valence-electron chi connectivity index (χ1n) is 8.98. The summed E-state index contributed by atoms with van der Waals surface area (Å²) in [7, 11) is 6.89. The van der Waals surface area contributed by atoms with Crippen molar-refractivity contribution in [1.82, 2.24) is 0 Å². The van der Waals surface area contributed by atoms with Crippen molar-refractivity contribution in [2.75, 3.05) is 40.9 Å². The van der Waals surface area contributed by atoms with Crippen molar-refractivity contribution in [2.45, 2.75) is 0 Å². The molecule has 0 aromatic heterocycles. The molecule has 31 heavy (non-hydrogen) atoms. The summed E-state index contributed by atoms with van der Waals surface area (Å²) in [4.78, 5) is 36.3. The standard InChI is InChI=1S/C22H23NO8/c1-27-17-10-7-13(19(28-2)20(17)29-3)8-11-18(24)23-16-12-14(21(25)30-4)6-9-15(16)22(26)31-5/h6-12H,1-5H3,(H,23,24)/b11-8+.